The zero-order chi connectivity index (χ0) is 16.2. The monoisotopic (exact) mass is 329 g/mol. The molecule has 0 spiro atoms. The molecular weight excluding hydrogens is 306 g/mol. The van der Waals surface area contributed by atoms with E-state index < -0.39 is 0 Å². The molecule has 1 atom stereocenters. The number of aryl methyl sites for hydroxylation is 3. The average molecular weight is 329 g/mol. The van der Waals surface area contributed by atoms with Crippen molar-refractivity contribution in [3.8, 4) is 0 Å². The number of carbonyl (C=O) groups is 1. The van der Waals surface area contributed by atoms with Gasteiger partial charge in [-0.2, -0.15) is 0 Å². The van der Waals surface area contributed by atoms with Gasteiger partial charge in [0, 0.05) is 31.9 Å². The summed E-state index contributed by atoms with van der Waals surface area (Å²) in [7, 11) is 0. The van der Waals surface area contributed by atoms with Gasteiger partial charge in [-0.25, -0.2) is 4.98 Å². The van der Waals surface area contributed by atoms with E-state index in [1.807, 2.05) is 36.4 Å². The molecular formula is C18H23N3OS. The van der Waals surface area contributed by atoms with Gasteiger partial charge in [0.2, 0.25) is 0 Å². The lowest BCUT2D eigenvalue weighted by Crippen LogP contribution is -2.39. The summed E-state index contributed by atoms with van der Waals surface area (Å²) in [5, 5.41) is 1.05. The van der Waals surface area contributed by atoms with Crippen molar-refractivity contribution in [3.05, 3.63) is 45.7 Å². The first kappa shape index (κ1) is 16.1. The van der Waals surface area contributed by atoms with Crippen molar-refractivity contribution in [2.45, 2.75) is 39.5 Å². The lowest BCUT2D eigenvalue weighted by molar-refractivity contribution is 0.0687. The molecule has 1 unspecified atom stereocenters. The Hall–Kier alpha value is -1.75. The summed E-state index contributed by atoms with van der Waals surface area (Å²) in [5.74, 6) is 0.772. The Morgan fingerprint density at radius 3 is 2.87 bits per heavy atom. The number of thiazole rings is 1. The van der Waals surface area contributed by atoms with E-state index in [9.17, 15) is 4.79 Å². The molecule has 3 heterocycles. The van der Waals surface area contributed by atoms with E-state index >= 15 is 0 Å². The minimum Gasteiger partial charge on any atom is -0.338 e. The standard InChI is InChI=1S/C18H23N3OS/c1-13-4-3-11-21(12-13)18(22)17-14(2)20-16(23-17)6-5-15-7-9-19-10-8-15/h7-10,13H,3-6,11-12H2,1-2H3. The van der Waals surface area contributed by atoms with Crippen LogP contribution in [0.2, 0.25) is 0 Å². The molecule has 0 aliphatic carbocycles. The van der Waals surface area contributed by atoms with E-state index in [4.69, 9.17) is 0 Å². The van der Waals surface area contributed by atoms with Crippen LogP contribution in [0.4, 0.5) is 0 Å². The Labute approximate surface area is 141 Å². The van der Waals surface area contributed by atoms with E-state index in [1.54, 1.807) is 11.3 Å². The van der Waals surface area contributed by atoms with Crippen LogP contribution in [0.5, 0.6) is 0 Å². The number of pyridine rings is 1. The molecule has 0 aromatic carbocycles. The predicted octanol–water partition coefficient (Wildman–Crippen LogP) is 3.50. The van der Waals surface area contributed by atoms with Gasteiger partial charge in [-0.15, -0.1) is 11.3 Å². The molecule has 1 amide bonds. The molecule has 122 valence electrons. The number of hydrogen-bond donors (Lipinski definition) is 0. The number of aromatic nitrogens is 2. The molecule has 5 heteroatoms. The summed E-state index contributed by atoms with van der Waals surface area (Å²) in [6.45, 7) is 5.93. The quantitative estimate of drug-likeness (QED) is 0.862. The van der Waals surface area contributed by atoms with E-state index in [-0.39, 0.29) is 5.91 Å². The first-order chi connectivity index (χ1) is 11.1. The number of carbonyl (C=O) groups excluding carboxylic acids is 1. The van der Waals surface area contributed by atoms with Crippen molar-refractivity contribution < 1.29 is 4.79 Å². The topological polar surface area (TPSA) is 46.1 Å². The predicted molar refractivity (Wildman–Crippen MR) is 92.8 cm³/mol. The summed E-state index contributed by atoms with van der Waals surface area (Å²) in [5.41, 5.74) is 2.13. The van der Waals surface area contributed by atoms with Crippen molar-refractivity contribution in [1.82, 2.24) is 14.9 Å². The molecule has 3 rings (SSSR count). The Balaban J connectivity index is 1.67. The Bertz CT molecular complexity index is 668. The normalized spacial score (nSPS) is 18.2. The molecule has 0 saturated carbocycles. The highest BCUT2D eigenvalue weighted by atomic mass is 32.1. The summed E-state index contributed by atoms with van der Waals surface area (Å²) in [4.78, 5) is 24.2. The van der Waals surface area contributed by atoms with Crippen molar-refractivity contribution in [2.75, 3.05) is 13.1 Å². The van der Waals surface area contributed by atoms with Gasteiger partial charge in [0.15, 0.2) is 0 Å². The Morgan fingerprint density at radius 2 is 2.13 bits per heavy atom. The van der Waals surface area contributed by atoms with Crippen LogP contribution < -0.4 is 0 Å². The molecule has 1 aliphatic rings. The molecule has 2 aromatic heterocycles. The number of likely N-dealkylation sites (tertiary alicyclic amines) is 1. The van der Waals surface area contributed by atoms with Crippen LogP contribution in [0.3, 0.4) is 0 Å². The number of amides is 1. The molecule has 0 N–H and O–H groups in total. The van der Waals surface area contributed by atoms with Gasteiger partial charge < -0.3 is 4.90 Å². The molecule has 0 bridgehead atoms. The summed E-state index contributed by atoms with van der Waals surface area (Å²) < 4.78 is 0. The SMILES string of the molecule is Cc1nc(CCc2ccncc2)sc1C(=O)N1CCCC(C)C1. The molecule has 4 nitrogen and oxygen atoms in total. The highest BCUT2D eigenvalue weighted by molar-refractivity contribution is 7.13. The van der Waals surface area contributed by atoms with Crippen molar-refractivity contribution in [3.63, 3.8) is 0 Å². The summed E-state index contributed by atoms with van der Waals surface area (Å²) >= 11 is 1.56. The third-order valence-electron chi connectivity index (χ3n) is 4.36. The lowest BCUT2D eigenvalue weighted by atomic mass is 10.0. The van der Waals surface area contributed by atoms with Crippen LogP contribution in [-0.4, -0.2) is 33.9 Å². The second-order valence-electron chi connectivity index (χ2n) is 6.38. The van der Waals surface area contributed by atoms with Crippen molar-refractivity contribution >= 4 is 17.2 Å². The van der Waals surface area contributed by atoms with E-state index in [0.717, 1.165) is 47.9 Å². The highest BCUT2D eigenvalue weighted by Gasteiger charge is 2.25. The fourth-order valence-electron chi connectivity index (χ4n) is 3.08. The first-order valence-corrected chi connectivity index (χ1v) is 9.09. The van der Waals surface area contributed by atoms with E-state index in [2.05, 4.69) is 16.9 Å². The van der Waals surface area contributed by atoms with Gasteiger partial charge in [-0.3, -0.25) is 9.78 Å². The van der Waals surface area contributed by atoms with Gasteiger partial charge in [-0.1, -0.05) is 6.92 Å². The zero-order valence-electron chi connectivity index (χ0n) is 13.8. The minimum atomic E-state index is 0.168. The maximum atomic E-state index is 12.7. The van der Waals surface area contributed by atoms with Crippen LogP contribution >= 0.6 is 11.3 Å². The second-order valence-corrected chi connectivity index (χ2v) is 7.46. The third-order valence-corrected chi connectivity index (χ3v) is 5.56. The van der Waals surface area contributed by atoms with Crippen LogP contribution in [0.1, 0.15) is 45.7 Å². The smallest absolute Gasteiger partial charge is 0.265 e. The maximum Gasteiger partial charge on any atom is 0.265 e. The largest absolute Gasteiger partial charge is 0.338 e. The van der Waals surface area contributed by atoms with Crippen LogP contribution in [0, 0.1) is 12.8 Å². The Morgan fingerprint density at radius 1 is 1.35 bits per heavy atom. The van der Waals surface area contributed by atoms with Gasteiger partial charge in [0.1, 0.15) is 4.88 Å². The van der Waals surface area contributed by atoms with E-state index in [1.165, 1.54) is 12.0 Å². The fraction of sp³-hybridized carbons (Fsp3) is 0.500. The average Bonchev–Trinajstić information content (AvgIpc) is 2.94. The maximum absolute atomic E-state index is 12.7. The van der Waals surface area contributed by atoms with Crippen LogP contribution in [-0.2, 0) is 12.8 Å². The van der Waals surface area contributed by atoms with Gasteiger partial charge >= 0.3 is 0 Å². The van der Waals surface area contributed by atoms with Gasteiger partial charge in [-0.05, 0) is 49.8 Å². The van der Waals surface area contributed by atoms with Gasteiger partial charge in [0.05, 0.1) is 10.7 Å². The number of piperidine rings is 1. The van der Waals surface area contributed by atoms with Crippen molar-refractivity contribution in [1.29, 1.82) is 0 Å². The molecule has 0 radical (unpaired) electrons. The highest BCUT2D eigenvalue weighted by Crippen LogP contribution is 2.24. The van der Waals surface area contributed by atoms with Crippen LogP contribution in [0.15, 0.2) is 24.5 Å². The minimum absolute atomic E-state index is 0.168. The van der Waals surface area contributed by atoms with Gasteiger partial charge in [0.25, 0.3) is 5.91 Å². The number of hydrogen-bond acceptors (Lipinski definition) is 4. The Kier molecular flexibility index (Phi) is 5.06. The number of rotatable bonds is 4. The molecule has 1 fully saturated rings. The number of nitrogens with zero attached hydrogens (tertiary/aromatic N) is 3. The fourth-order valence-corrected chi connectivity index (χ4v) is 4.11. The summed E-state index contributed by atoms with van der Waals surface area (Å²) in [6.07, 6.45) is 7.77. The van der Waals surface area contributed by atoms with Crippen LogP contribution in [0.25, 0.3) is 0 Å². The third kappa shape index (κ3) is 3.96. The first-order valence-electron chi connectivity index (χ1n) is 8.28. The van der Waals surface area contributed by atoms with Crippen molar-refractivity contribution in [2.24, 2.45) is 5.92 Å². The molecule has 23 heavy (non-hydrogen) atoms. The lowest BCUT2D eigenvalue weighted by Gasteiger charge is -2.30. The molecule has 2 aromatic rings. The molecule has 1 saturated heterocycles. The van der Waals surface area contributed by atoms with E-state index in [0.29, 0.717) is 5.92 Å². The second kappa shape index (κ2) is 7.21. The molecule has 1 aliphatic heterocycles. The summed E-state index contributed by atoms with van der Waals surface area (Å²) in [6, 6.07) is 4.06. The zero-order valence-corrected chi connectivity index (χ0v) is 14.6.